The van der Waals surface area contributed by atoms with Gasteiger partial charge in [-0.1, -0.05) is 12.1 Å². The van der Waals surface area contributed by atoms with Crippen molar-refractivity contribution < 1.29 is 9.57 Å². The average molecular weight is 319 g/mol. The van der Waals surface area contributed by atoms with Gasteiger partial charge in [-0.3, -0.25) is 0 Å². The van der Waals surface area contributed by atoms with Gasteiger partial charge in [-0.2, -0.15) is 4.98 Å². The summed E-state index contributed by atoms with van der Waals surface area (Å²) >= 11 is 0. The van der Waals surface area contributed by atoms with Crippen molar-refractivity contribution in [1.29, 1.82) is 0 Å². The van der Waals surface area contributed by atoms with E-state index in [2.05, 4.69) is 39.2 Å². The van der Waals surface area contributed by atoms with Crippen molar-refractivity contribution in [2.75, 3.05) is 43.1 Å². The summed E-state index contributed by atoms with van der Waals surface area (Å²) in [5.41, 5.74) is 1.76. The first-order valence-corrected chi connectivity index (χ1v) is 8.24. The predicted molar refractivity (Wildman–Crippen MR) is 90.1 cm³/mol. The van der Waals surface area contributed by atoms with Gasteiger partial charge >= 0.3 is 0 Å². The summed E-state index contributed by atoms with van der Waals surface area (Å²) in [6.07, 6.45) is 1.71. The Labute approximate surface area is 137 Å². The molecule has 1 aromatic heterocycles. The van der Waals surface area contributed by atoms with Crippen LogP contribution in [0.3, 0.4) is 0 Å². The first-order chi connectivity index (χ1) is 11.1. The third-order valence-corrected chi connectivity index (χ3v) is 4.12. The molecular weight excluding hydrogens is 294 g/mol. The Bertz CT molecular complexity index is 586. The SMILES string of the molecule is CCc1cc(NC[C@]2(C)CC(C)=NO2)nc(N2CCOCC2)n1. The Kier molecular flexibility index (Phi) is 4.66. The largest absolute Gasteiger partial charge is 0.387 e. The van der Waals surface area contributed by atoms with Crippen LogP contribution in [0.2, 0.25) is 0 Å². The van der Waals surface area contributed by atoms with Gasteiger partial charge in [0.2, 0.25) is 5.95 Å². The molecule has 0 saturated carbocycles. The molecule has 1 atom stereocenters. The van der Waals surface area contributed by atoms with Crippen LogP contribution in [-0.4, -0.2) is 54.1 Å². The van der Waals surface area contributed by atoms with Crippen LogP contribution in [0.15, 0.2) is 11.2 Å². The van der Waals surface area contributed by atoms with E-state index in [1.54, 1.807) is 0 Å². The minimum atomic E-state index is -0.305. The molecule has 7 heteroatoms. The lowest BCUT2D eigenvalue weighted by Crippen LogP contribution is -2.38. The molecule has 2 aliphatic heterocycles. The molecule has 0 aromatic carbocycles. The van der Waals surface area contributed by atoms with Crippen molar-refractivity contribution in [2.24, 2.45) is 5.16 Å². The summed E-state index contributed by atoms with van der Waals surface area (Å²) in [7, 11) is 0. The molecule has 7 nitrogen and oxygen atoms in total. The normalized spacial score (nSPS) is 24.3. The van der Waals surface area contributed by atoms with Gasteiger partial charge in [0.05, 0.1) is 25.5 Å². The van der Waals surface area contributed by atoms with Crippen LogP contribution in [0.5, 0.6) is 0 Å². The Balaban J connectivity index is 1.71. The molecule has 0 bridgehead atoms. The van der Waals surface area contributed by atoms with E-state index < -0.39 is 0 Å². The maximum atomic E-state index is 5.53. The fraction of sp³-hybridized carbons (Fsp3) is 0.688. The van der Waals surface area contributed by atoms with Gasteiger partial charge in [-0.05, 0) is 20.3 Å². The zero-order chi connectivity index (χ0) is 16.3. The number of anilines is 2. The second kappa shape index (κ2) is 6.70. The van der Waals surface area contributed by atoms with Crippen LogP contribution in [0.4, 0.5) is 11.8 Å². The third-order valence-electron chi connectivity index (χ3n) is 4.12. The van der Waals surface area contributed by atoms with E-state index in [1.165, 1.54) is 0 Å². The molecule has 1 saturated heterocycles. The molecule has 0 amide bonds. The first kappa shape index (κ1) is 16.0. The minimum absolute atomic E-state index is 0.305. The predicted octanol–water partition coefficient (Wildman–Crippen LogP) is 1.84. The molecular formula is C16H25N5O2. The molecule has 2 aliphatic rings. The average Bonchev–Trinajstić information content (AvgIpc) is 2.93. The highest BCUT2D eigenvalue weighted by molar-refractivity contribution is 5.83. The highest BCUT2D eigenvalue weighted by Gasteiger charge is 2.32. The monoisotopic (exact) mass is 319 g/mol. The molecule has 1 fully saturated rings. The van der Waals surface area contributed by atoms with Gasteiger partial charge in [0.15, 0.2) is 5.60 Å². The zero-order valence-electron chi connectivity index (χ0n) is 14.1. The van der Waals surface area contributed by atoms with E-state index in [0.29, 0.717) is 6.54 Å². The van der Waals surface area contributed by atoms with Crippen molar-refractivity contribution in [3.63, 3.8) is 0 Å². The molecule has 1 N–H and O–H groups in total. The van der Waals surface area contributed by atoms with E-state index in [0.717, 1.165) is 62.3 Å². The number of nitrogens with zero attached hydrogens (tertiary/aromatic N) is 4. The lowest BCUT2D eigenvalue weighted by atomic mass is 10.0. The number of oxime groups is 1. The smallest absolute Gasteiger partial charge is 0.227 e. The summed E-state index contributed by atoms with van der Waals surface area (Å²) in [5.74, 6) is 1.62. The minimum Gasteiger partial charge on any atom is -0.387 e. The van der Waals surface area contributed by atoms with E-state index in [4.69, 9.17) is 9.57 Å². The van der Waals surface area contributed by atoms with E-state index in [9.17, 15) is 0 Å². The molecule has 126 valence electrons. The highest BCUT2D eigenvalue weighted by Crippen LogP contribution is 2.24. The Hall–Kier alpha value is -1.89. The molecule has 23 heavy (non-hydrogen) atoms. The van der Waals surface area contributed by atoms with Crippen LogP contribution in [0, 0.1) is 0 Å². The fourth-order valence-corrected chi connectivity index (χ4v) is 2.83. The Morgan fingerprint density at radius 1 is 1.30 bits per heavy atom. The fourth-order valence-electron chi connectivity index (χ4n) is 2.83. The highest BCUT2D eigenvalue weighted by atomic mass is 16.7. The van der Waals surface area contributed by atoms with Crippen LogP contribution < -0.4 is 10.2 Å². The number of aryl methyl sites for hydroxylation is 1. The third kappa shape index (κ3) is 3.90. The number of ether oxygens (including phenoxy) is 1. The first-order valence-electron chi connectivity index (χ1n) is 8.24. The number of hydrogen-bond donors (Lipinski definition) is 1. The molecule has 0 radical (unpaired) electrons. The maximum absolute atomic E-state index is 5.53. The number of morpholine rings is 1. The molecule has 1 aromatic rings. The quantitative estimate of drug-likeness (QED) is 0.893. The summed E-state index contributed by atoms with van der Waals surface area (Å²) in [5, 5.41) is 7.44. The van der Waals surface area contributed by atoms with Crippen LogP contribution in [0.25, 0.3) is 0 Å². The number of rotatable bonds is 5. The van der Waals surface area contributed by atoms with Crippen molar-refractivity contribution in [1.82, 2.24) is 9.97 Å². The lowest BCUT2D eigenvalue weighted by molar-refractivity contribution is 0.00746. The van der Waals surface area contributed by atoms with Crippen LogP contribution in [-0.2, 0) is 16.0 Å². The molecule has 0 spiro atoms. The van der Waals surface area contributed by atoms with Crippen molar-refractivity contribution in [3.05, 3.63) is 11.8 Å². The summed E-state index contributed by atoms with van der Waals surface area (Å²) in [6.45, 7) is 9.94. The van der Waals surface area contributed by atoms with Crippen LogP contribution >= 0.6 is 0 Å². The second-order valence-electron chi connectivity index (χ2n) is 6.40. The van der Waals surface area contributed by atoms with Crippen molar-refractivity contribution in [2.45, 2.75) is 39.2 Å². The van der Waals surface area contributed by atoms with Gasteiger partial charge < -0.3 is 19.8 Å². The van der Waals surface area contributed by atoms with E-state index in [-0.39, 0.29) is 5.60 Å². The topological polar surface area (TPSA) is 71.9 Å². The molecule has 3 rings (SSSR count). The van der Waals surface area contributed by atoms with E-state index in [1.807, 2.05) is 13.0 Å². The summed E-state index contributed by atoms with van der Waals surface area (Å²) in [4.78, 5) is 17.0. The van der Waals surface area contributed by atoms with Crippen molar-refractivity contribution >= 4 is 17.5 Å². The lowest BCUT2D eigenvalue weighted by Gasteiger charge is -2.28. The molecule has 0 aliphatic carbocycles. The number of aromatic nitrogens is 2. The maximum Gasteiger partial charge on any atom is 0.227 e. The van der Waals surface area contributed by atoms with Gasteiger partial charge in [-0.25, -0.2) is 4.98 Å². The van der Waals surface area contributed by atoms with Gasteiger partial charge in [0.1, 0.15) is 5.82 Å². The Morgan fingerprint density at radius 3 is 2.74 bits per heavy atom. The molecule has 3 heterocycles. The Morgan fingerprint density at radius 2 is 2.09 bits per heavy atom. The summed E-state index contributed by atoms with van der Waals surface area (Å²) < 4.78 is 5.40. The summed E-state index contributed by atoms with van der Waals surface area (Å²) in [6, 6.07) is 2.01. The standard InChI is InChI=1S/C16H25N5O2/c1-4-13-9-14(17-11-16(3)10-12(2)20-23-16)19-15(18-13)21-5-7-22-8-6-21/h9H,4-8,10-11H2,1-3H3,(H,17,18,19)/t16-/m0/s1. The van der Waals surface area contributed by atoms with E-state index >= 15 is 0 Å². The second-order valence-corrected chi connectivity index (χ2v) is 6.40. The van der Waals surface area contributed by atoms with Gasteiger partial charge in [0, 0.05) is 31.3 Å². The van der Waals surface area contributed by atoms with Crippen LogP contribution in [0.1, 0.15) is 32.9 Å². The molecule has 0 unspecified atom stereocenters. The number of nitrogens with one attached hydrogen (secondary N) is 1. The number of hydrogen-bond acceptors (Lipinski definition) is 7. The van der Waals surface area contributed by atoms with Crippen molar-refractivity contribution in [3.8, 4) is 0 Å². The zero-order valence-corrected chi connectivity index (χ0v) is 14.1. The van der Waals surface area contributed by atoms with Gasteiger partial charge in [-0.15, -0.1) is 0 Å². The van der Waals surface area contributed by atoms with Gasteiger partial charge in [0.25, 0.3) is 0 Å².